The Labute approximate surface area is 319 Å². The maximum Gasteiger partial charge on any atom is 0.264 e. The standard InChI is InChI=1S/C48H44N2OS2/c1-6-7-8-9-12-29-17-24-41(52-29)42-26-25-40(53-42)32-18-19-35-37-21-23-39-45-38(22-20-36(44(37)45)34-16-11-15-33(32)43(34)35)47(49)50(48(39)51)46-30(27(2)3)13-10-14-31(46)28(4)5/h10-11,13-28,49H,6-9,12H2,1-5H3. The van der Waals surface area contributed by atoms with Crippen LogP contribution >= 0.6 is 22.7 Å². The quantitative estimate of drug-likeness (QED) is 0.0850. The van der Waals surface area contributed by atoms with E-state index in [9.17, 15) is 10.2 Å². The summed E-state index contributed by atoms with van der Waals surface area (Å²) in [6, 6.07) is 35.2. The van der Waals surface area contributed by atoms with Gasteiger partial charge in [0.1, 0.15) is 5.84 Å². The zero-order chi connectivity index (χ0) is 36.5. The summed E-state index contributed by atoms with van der Waals surface area (Å²) in [5.41, 5.74) is 5.79. The van der Waals surface area contributed by atoms with Gasteiger partial charge < -0.3 is 0 Å². The van der Waals surface area contributed by atoms with Crippen LogP contribution in [0.25, 0.3) is 63.3 Å². The first-order valence-electron chi connectivity index (χ1n) is 19.2. The van der Waals surface area contributed by atoms with Gasteiger partial charge in [-0.2, -0.15) is 0 Å². The van der Waals surface area contributed by atoms with Crippen LogP contribution in [0.15, 0.2) is 97.1 Å². The molecule has 0 unspecified atom stereocenters. The summed E-state index contributed by atoms with van der Waals surface area (Å²) >= 11 is 3.82. The molecule has 0 spiro atoms. The van der Waals surface area contributed by atoms with Gasteiger partial charge in [0.05, 0.1) is 5.69 Å². The van der Waals surface area contributed by atoms with E-state index in [-0.39, 0.29) is 23.6 Å². The van der Waals surface area contributed by atoms with Crippen LogP contribution in [0, 0.1) is 5.41 Å². The molecule has 0 fully saturated rings. The number of fused-ring (bicyclic) bond motifs is 2. The van der Waals surface area contributed by atoms with Crippen molar-refractivity contribution in [3.05, 3.63) is 124 Å². The number of para-hydroxylation sites is 1. The van der Waals surface area contributed by atoms with Crippen LogP contribution in [0.2, 0.25) is 0 Å². The molecule has 0 atom stereocenters. The molecule has 6 aromatic carbocycles. The largest absolute Gasteiger partial charge is 0.283 e. The lowest BCUT2D eigenvalue weighted by Crippen LogP contribution is -2.41. The topological polar surface area (TPSA) is 44.2 Å². The highest BCUT2D eigenvalue weighted by atomic mass is 32.1. The normalized spacial score (nSPS) is 13.4. The maximum atomic E-state index is 14.7. The summed E-state index contributed by atoms with van der Waals surface area (Å²) in [7, 11) is 0. The molecule has 3 heterocycles. The lowest BCUT2D eigenvalue weighted by Gasteiger charge is -2.34. The van der Waals surface area contributed by atoms with Gasteiger partial charge in [0.25, 0.3) is 5.91 Å². The molecule has 1 aliphatic heterocycles. The molecule has 9 rings (SSSR count). The van der Waals surface area contributed by atoms with Crippen molar-refractivity contribution in [2.45, 2.75) is 78.6 Å². The summed E-state index contributed by atoms with van der Waals surface area (Å²) in [4.78, 5) is 21.8. The zero-order valence-electron chi connectivity index (χ0n) is 31.1. The maximum absolute atomic E-state index is 14.7. The Bertz CT molecular complexity index is 2630. The Balaban J connectivity index is 1.17. The average Bonchev–Trinajstić information content (AvgIpc) is 3.85. The molecule has 264 valence electrons. The number of anilines is 1. The van der Waals surface area contributed by atoms with Crippen molar-refractivity contribution >= 4 is 83.2 Å². The van der Waals surface area contributed by atoms with E-state index >= 15 is 0 Å². The fraction of sp³-hybridized carbons (Fsp3) is 0.250. The number of amides is 1. The zero-order valence-corrected chi connectivity index (χ0v) is 32.7. The van der Waals surface area contributed by atoms with Gasteiger partial charge in [-0.3, -0.25) is 15.1 Å². The van der Waals surface area contributed by atoms with Crippen molar-refractivity contribution in [2.75, 3.05) is 4.90 Å². The second-order valence-electron chi connectivity index (χ2n) is 15.3. The summed E-state index contributed by atoms with van der Waals surface area (Å²) in [6.07, 6.45) is 6.35. The van der Waals surface area contributed by atoms with Gasteiger partial charge in [-0.25, -0.2) is 0 Å². The van der Waals surface area contributed by atoms with Crippen LogP contribution in [0.5, 0.6) is 0 Å². The van der Waals surface area contributed by atoms with Crippen molar-refractivity contribution in [3.63, 3.8) is 0 Å². The van der Waals surface area contributed by atoms with E-state index in [0.29, 0.717) is 5.56 Å². The number of hydrogen-bond donors (Lipinski definition) is 1. The predicted octanol–water partition coefficient (Wildman–Crippen LogP) is 14.5. The molecular formula is C48H44N2OS2. The first-order valence-corrected chi connectivity index (χ1v) is 20.8. The fourth-order valence-electron chi connectivity index (χ4n) is 8.70. The van der Waals surface area contributed by atoms with Crippen molar-refractivity contribution in [2.24, 2.45) is 0 Å². The molecule has 1 N–H and O–H groups in total. The number of benzene rings is 6. The summed E-state index contributed by atoms with van der Waals surface area (Å²) in [5.74, 6) is 0.543. The number of thiophene rings is 2. The number of carbonyl (C=O) groups excluding carboxylic acids is 1. The van der Waals surface area contributed by atoms with E-state index in [2.05, 4.69) is 126 Å². The number of rotatable bonds is 10. The molecule has 1 amide bonds. The summed E-state index contributed by atoms with van der Waals surface area (Å²) < 4.78 is 0. The van der Waals surface area contributed by atoms with Gasteiger partial charge in [0, 0.05) is 36.0 Å². The van der Waals surface area contributed by atoms with Crippen LogP contribution < -0.4 is 4.90 Å². The fourth-order valence-corrected chi connectivity index (χ4v) is 10.9. The van der Waals surface area contributed by atoms with E-state index < -0.39 is 0 Å². The molecule has 0 aliphatic carbocycles. The Morgan fingerprint density at radius 1 is 0.566 bits per heavy atom. The van der Waals surface area contributed by atoms with Gasteiger partial charge in [0.2, 0.25) is 0 Å². The SMILES string of the molecule is CCCCCCc1ccc(-c2ccc(-c3ccc4c5ccc6c7c(ccc(c8cccc3c84)c75)C(=N)N(c3c(C(C)C)cccc3C(C)C)C6=O)s2)s1. The molecule has 0 saturated carbocycles. The van der Waals surface area contributed by atoms with Gasteiger partial charge in [0.15, 0.2) is 0 Å². The third-order valence-corrected chi connectivity index (χ3v) is 13.8. The van der Waals surface area contributed by atoms with Gasteiger partial charge in [-0.1, -0.05) is 115 Å². The Kier molecular flexibility index (Phi) is 8.48. The number of hydrogen-bond acceptors (Lipinski definition) is 4. The molecule has 8 aromatic rings. The number of carbonyl (C=O) groups is 1. The predicted molar refractivity (Wildman–Crippen MR) is 230 cm³/mol. The van der Waals surface area contributed by atoms with E-state index in [0.717, 1.165) is 43.9 Å². The van der Waals surface area contributed by atoms with Crippen molar-refractivity contribution < 1.29 is 4.79 Å². The smallest absolute Gasteiger partial charge is 0.264 e. The van der Waals surface area contributed by atoms with Gasteiger partial charge in [-0.15, -0.1) is 22.7 Å². The third-order valence-electron chi connectivity index (χ3n) is 11.3. The number of nitrogens with one attached hydrogen (secondary N) is 1. The first kappa shape index (κ1) is 34.0. The monoisotopic (exact) mass is 728 g/mol. The van der Waals surface area contributed by atoms with Gasteiger partial charge >= 0.3 is 0 Å². The molecule has 0 radical (unpaired) electrons. The lowest BCUT2D eigenvalue weighted by molar-refractivity contribution is 0.100. The van der Waals surface area contributed by atoms with Crippen LogP contribution in [0.4, 0.5) is 5.69 Å². The molecule has 0 bridgehead atoms. The van der Waals surface area contributed by atoms with E-state index in [1.54, 1.807) is 4.90 Å². The third kappa shape index (κ3) is 5.34. The molecule has 53 heavy (non-hydrogen) atoms. The number of aryl methyl sites for hydroxylation is 1. The first-order chi connectivity index (χ1) is 25.8. The Morgan fingerprint density at radius 2 is 1.15 bits per heavy atom. The average molecular weight is 729 g/mol. The Morgan fingerprint density at radius 3 is 1.87 bits per heavy atom. The molecule has 5 heteroatoms. The minimum Gasteiger partial charge on any atom is -0.283 e. The highest BCUT2D eigenvalue weighted by molar-refractivity contribution is 7.24. The Hall–Kier alpha value is -4.84. The number of amidine groups is 1. The van der Waals surface area contributed by atoms with Gasteiger partial charge in [-0.05, 0) is 115 Å². The van der Waals surface area contributed by atoms with E-state index in [1.165, 1.54) is 78.7 Å². The number of unbranched alkanes of at least 4 members (excludes halogenated alkanes) is 3. The van der Waals surface area contributed by atoms with Crippen LogP contribution in [0.3, 0.4) is 0 Å². The van der Waals surface area contributed by atoms with Crippen molar-refractivity contribution in [1.82, 2.24) is 0 Å². The molecule has 1 aliphatic rings. The number of nitrogens with zero attached hydrogens (tertiary/aromatic N) is 1. The highest BCUT2D eigenvalue weighted by Gasteiger charge is 2.36. The van der Waals surface area contributed by atoms with E-state index in [1.807, 2.05) is 28.7 Å². The minimum absolute atomic E-state index is 0.122. The van der Waals surface area contributed by atoms with Crippen molar-refractivity contribution in [1.29, 1.82) is 5.41 Å². The van der Waals surface area contributed by atoms with Crippen LogP contribution in [-0.2, 0) is 6.42 Å². The second-order valence-corrected chi connectivity index (χ2v) is 17.5. The molecule has 2 aromatic heterocycles. The van der Waals surface area contributed by atoms with Crippen LogP contribution in [0.1, 0.15) is 104 Å². The minimum atomic E-state index is -0.122. The lowest BCUT2D eigenvalue weighted by atomic mass is 9.83. The van der Waals surface area contributed by atoms with Crippen molar-refractivity contribution in [3.8, 4) is 20.2 Å². The molecule has 0 saturated heterocycles. The summed E-state index contributed by atoms with van der Waals surface area (Å²) in [5, 5.41) is 18.7. The van der Waals surface area contributed by atoms with E-state index in [4.69, 9.17) is 0 Å². The summed E-state index contributed by atoms with van der Waals surface area (Å²) in [6.45, 7) is 10.9. The highest BCUT2D eigenvalue weighted by Crippen LogP contribution is 2.48. The molecular weight excluding hydrogens is 685 g/mol. The molecule has 3 nitrogen and oxygen atoms in total. The second kappa shape index (κ2) is 13.2. The van der Waals surface area contributed by atoms with Crippen LogP contribution in [-0.4, -0.2) is 11.7 Å².